The van der Waals surface area contributed by atoms with E-state index in [1.165, 1.54) is 13.0 Å². The monoisotopic (exact) mass is 306 g/mol. The quantitative estimate of drug-likeness (QED) is 0.833. The minimum absolute atomic E-state index is 0.130. The number of ketones is 1. The molecule has 6 nitrogen and oxygen atoms in total. The number of nitrogens with zero attached hydrogens (tertiary/aromatic N) is 1. The first-order valence-electron chi connectivity index (χ1n) is 7.48. The van der Waals surface area contributed by atoms with E-state index in [1.807, 2.05) is 0 Å². The topological polar surface area (TPSA) is 88.4 Å². The highest BCUT2D eigenvalue weighted by Crippen LogP contribution is 2.32. The van der Waals surface area contributed by atoms with Gasteiger partial charge in [-0.1, -0.05) is 6.92 Å². The van der Waals surface area contributed by atoms with Crippen molar-refractivity contribution < 1.29 is 19.5 Å². The number of aliphatic carboxylic acids is 1. The minimum Gasteiger partial charge on any atom is -0.480 e. The number of nitrogens with one attached hydrogen (secondary N) is 1. The molecule has 0 radical (unpaired) electrons. The Morgan fingerprint density at radius 2 is 1.91 bits per heavy atom. The van der Waals surface area contributed by atoms with Gasteiger partial charge in [-0.3, -0.25) is 9.59 Å². The van der Waals surface area contributed by atoms with E-state index < -0.39 is 17.4 Å². The Morgan fingerprint density at radius 1 is 1.32 bits per heavy atom. The van der Waals surface area contributed by atoms with Crippen LogP contribution in [0.3, 0.4) is 0 Å². The fourth-order valence-electron chi connectivity index (χ4n) is 2.91. The van der Waals surface area contributed by atoms with Crippen LogP contribution in [-0.2, 0) is 11.8 Å². The third-order valence-corrected chi connectivity index (χ3v) is 4.53. The summed E-state index contributed by atoms with van der Waals surface area (Å²) < 4.78 is 1.55. The maximum Gasteiger partial charge on any atom is 0.329 e. The zero-order chi connectivity index (χ0) is 16.5. The average molecular weight is 306 g/mol. The number of hydrogen-bond donors (Lipinski definition) is 2. The predicted molar refractivity (Wildman–Crippen MR) is 80.9 cm³/mol. The van der Waals surface area contributed by atoms with Crippen LogP contribution in [0.4, 0.5) is 0 Å². The van der Waals surface area contributed by atoms with E-state index in [2.05, 4.69) is 12.2 Å². The van der Waals surface area contributed by atoms with Crippen molar-refractivity contribution in [2.75, 3.05) is 0 Å². The molecular formula is C16H22N2O4. The molecule has 1 fully saturated rings. The molecule has 0 bridgehead atoms. The molecule has 1 aliphatic carbocycles. The van der Waals surface area contributed by atoms with E-state index in [1.54, 1.807) is 17.8 Å². The zero-order valence-electron chi connectivity index (χ0n) is 13.2. The van der Waals surface area contributed by atoms with Gasteiger partial charge >= 0.3 is 5.97 Å². The van der Waals surface area contributed by atoms with Gasteiger partial charge in [0.15, 0.2) is 5.78 Å². The van der Waals surface area contributed by atoms with Crippen molar-refractivity contribution in [3.63, 3.8) is 0 Å². The molecule has 1 aromatic rings. The highest BCUT2D eigenvalue weighted by Gasteiger charge is 2.42. The number of carbonyl (C=O) groups is 3. The van der Waals surface area contributed by atoms with Crippen molar-refractivity contribution in [2.24, 2.45) is 13.0 Å². The highest BCUT2D eigenvalue weighted by atomic mass is 16.4. The smallest absolute Gasteiger partial charge is 0.329 e. The Morgan fingerprint density at radius 3 is 2.36 bits per heavy atom. The van der Waals surface area contributed by atoms with E-state index >= 15 is 0 Å². The standard InChI is InChI=1S/C16H22N2O4/c1-10-4-6-16(7-5-10,15(21)22)17-14(20)13-8-12(11(2)19)9-18(13)3/h8-10H,4-7H2,1-3H3,(H,17,20)(H,21,22). The van der Waals surface area contributed by atoms with Crippen molar-refractivity contribution >= 4 is 17.7 Å². The number of hydrogen-bond acceptors (Lipinski definition) is 3. The molecule has 1 amide bonds. The lowest BCUT2D eigenvalue weighted by Crippen LogP contribution is -2.56. The van der Waals surface area contributed by atoms with Crippen LogP contribution in [0, 0.1) is 5.92 Å². The van der Waals surface area contributed by atoms with Crippen LogP contribution in [0.25, 0.3) is 0 Å². The molecular weight excluding hydrogens is 284 g/mol. The van der Waals surface area contributed by atoms with Gasteiger partial charge in [0, 0.05) is 18.8 Å². The highest BCUT2D eigenvalue weighted by molar-refractivity contribution is 6.01. The van der Waals surface area contributed by atoms with Crippen molar-refractivity contribution in [3.05, 3.63) is 23.5 Å². The number of carbonyl (C=O) groups excluding carboxylic acids is 2. The lowest BCUT2D eigenvalue weighted by atomic mass is 9.77. The van der Waals surface area contributed by atoms with Crippen LogP contribution in [0.1, 0.15) is 60.4 Å². The molecule has 0 aliphatic heterocycles. The fraction of sp³-hybridized carbons (Fsp3) is 0.562. The van der Waals surface area contributed by atoms with Gasteiger partial charge in [0.1, 0.15) is 11.2 Å². The first-order chi connectivity index (χ1) is 10.2. The van der Waals surface area contributed by atoms with E-state index in [0.29, 0.717) is 30.0 Å². The van der Waals surface area contributed by atoms with Crippen molar-refractivity contribution in [3.8, 4) is 0 Å². The fourth-order valence-corrected chi connectivity index (χ4v) is 2.91. The Labute approximate surface area is 129 Å². The van der Waals surface area contributed by atoms with Crippen LogP contribution >= 0.6 is 0 Å². The third kappa shape index (κ3) is 3.05. The number of carboxylic acids is 1. The van der Waals surface area contributed by atoms with Crippen molar-refractivity contribution in [1.82, 2.24) is 9.88 Å². The van der Waals surface area contributed by atoms with Crippen LogP contribution in [-0.4, -0.2) is 32.9 Å². The van der Waals surface area contributed by atoms with Gasteiger partial charge in [-0.15, -0.1) is 0 Å². The van der Waals surface area contributed by atoms with Gasteiger partial charge in [-0.2, -0.15) is 0 Å². The zero-order valence-corrected chi connectivity index (χ0v) is 13.2. The summed E-state index contributed by atoms with van der Waals surface area (Å²) in [4.78, 5) is 35.5. The van der Waals surface area contributed by atoms with Gasteiger partial charge in [0.05, 0.1) is 0 Å². The second kappa shape index (κ2) is 5.94. The number of Topliss-reactive ketones (excluding diaryl/α,β-unsaturated/α-hetero) is 1. The first-order valence-corrected chi connectivity index (χ1v) is 7.48. The number of carboxylic acid groups (broad SMARTS) is 1. The van der Waals surface area contributed by atoms with Gasteiger partial charge in [0.25, 0.3) is 5.91 Å². The molecule has 0 aromatic carbocycles. The second-order valence-electron chi connectivity index (χ2n) is 6.31. The largest absolute Gasteiger partial charge is 0.480 e. The molecule has 1 aromatic heterocycles. The summed E-state index contributed by atoms with van der Waals surface area (Å²) >= 11 is 0. The van der Waals surface area contributed by atoms with Crippen molar-refractivity contribution in [2.45, 2.75) is 45.1 Å². The molecule has 2 rings (SSSR count). The van der Waals surface area contributed by atoms with E-state index in [9.17, 15) is 19.5 Å². The van der Waals surface area contributed by atoms with E-state index in [0.717, 1.165) is 12.8 Å². The van der Waals surface area contributed by atoms with Gasteiger partial charge in [-0.05, 0) is 44.6 Å². The molecule has 0 spiro atoms. The number of amides is 1. The minimum atomic E-state index is -1.20. The summed E-state index contributed by atoms with van der Waals surface area (Å²) in [5.74, 6) is -1.10. The summed E-state index contributed by atoms with van der Waals surface area (Å²) in [5.41, 5.74) is -0.469. The summed E-state index contributed by atoms with van der Waals surface area (Å²) in [7, 11) is 1.66. The van der Waals surface area contributed by atoms with Crippen molar-refractivity contribution in [1.29, 1.82) is 0 Å². The second-order valence-corrected chi connectivity index (χ2v) is 6.31. The maximum atomic E-state index is 12.5. The summed E-state index contributed by atoms with van der Waals surface area (Å²) in [6, 6.07) is 1.50. The normalized spacial score (nSPS) is 24.8. The average Bonchev–Trinajstić information content (AvgIpc) is 2.84. The van der Waals surface area contributed by atoms with Gasteiger partial charge in [-0.25, -0.2) is 4.79 Å². The maximum absolute atomic E-state index is 12.5. The molecule has 22 heavy (non-hydrogen) atoms. The Balaban J connectivity index is 2.22. The summed E-state index contributed by atoms with van der Waals surface area (Å²) in [6.07, 6.45) is 3.99. The lowest BCUT2D eigenvalue weighted by molar-refractivity contribution is -0.146. The Kier molecular flexibility index (Phi) is 4.39. The Bertz CT molecular complexity index is 610. The molecule has 1 heterocycles. The van der Waals surface area contributed by atoms with Crippen LogP contribution < -0.4 is 5.32 Å². The molecule has 0 atom stereocenters. The van der Waals surface area contributed by atoms with Gasteiger partial charge in [0.2, 0.25) is 0 Å². The SMILES string of the molecule is CC(=O)c1cc(C(=O)NC2(C(=O)O)CCC(C)CC2)n(C)c1. The number of aryl methyl sites for hydroxylation is 1. The first kappa shape index (κ1) is 16.3. The van der Waals surface area contributed by atoms with Crippen LogP contribution in [0.2, 0.25) is 0 Å². The summed E-state index contributed by atoms with van der Waals surface area (Å²) in [5, 5.41) is 12.2. The third-order valence-electron chi connectivity index (χ3n) is 4.53. The number of rotatable bonds is 4. The summed E-state index contributed by atoms with van der Waals surface area (Å²) in [6.45, 7) is 3.52. The predicted octanol–water partition coefficient (Wildman–Crippen LogP) is 1.99. The Hall–Kier alpha value is -2.11. The lowest BCUT2D eigenvalue weighted by Gasteiger charge is -2.36. The molecule has 1 aliphatic rings. The van der Waals surface area contributed by atoms with Crippen LogP contribution in [0.5, 0.6) is 0 Å². The molecule has 2 N–H and O–H groups in total. The molecule has 120 valence electrons. The molecule has 0 unspecified atom stereocenters. The van der Waals surface area contributed by atoms with E-state index in [4.69, 9.17) is 0 Å². The van der Waals surface area contributed by atoms with Gasteiger partial charge < -0.3 is 15.0 Å². The number of aromatic nitrogens is 1. The van der Waals surface area contributed by atoms with Crippen LogP contribution in [0.15, 0.2) is 12.3 Å². The molecule has 0 saturated heterocycles. The molecule has 6 heteroatoms. The van der Waals surface area contributed by atoms with E-state index in [-0.39, 0.29) is 5.78 Å². The molecule has 1 saturated carbocycles.